The topological polar surface area (TPSA) is 86.8 Å². The summed E-state index contributed by atoms with van der Waals surface area (Å²) in [5, 5.41) is 2.36. The standard InChI is InChI=1S/C21H16F2N2O5/c22-21(23)30-17-11-5-4-10-16(17)25-18(26)13-28-20(27)15-9-6-12-24-19(15)29-14-7-2-1-3-8-14/h1-12,21H,13H2,(H,25,26). The molecule has 3 rings (SSSR count). The van der Waals surface area contributed by atoms with Crippen LogP contribution in [-0.2, 0) is 9.53 Å². The van der Waals surface area contributed by atoms with E-state index in [1.165, 1.54) is 42.6 Å². The summed E-state index contributed by atoms with van der Waals surface area (Å²) in [5.74, 6) is -1.29. The number of hydrogen-bond acceptors (Lipinski definition) is 6. The van der Waals surface area contributed by atoms with Crippen LogP contribution in [0.5, 0.6) is 17.4 Å². The van der Waals surface area contributed by atoms with Gasteiger partial charge in [-0.3, -0.25) is 4.79 Å². The Hall–Kier alpha value is -4.01. The molecule has 0 bridgehead atoms. The molecule has 0 spiro atoms. The Morgan fingerprint density at radius 2 is 1.70 bits per heavy atom. The van der Waals surface area contributed by atoms with E-state index in [9.17, 15) is 18.4 Å². The number of halogens is 2. The largest absolute Gasteiger partial charge is 0.452 e. The minimum absolute atomic E-state index is 0.0183. The number of aromatic nitrogens is 1. The molecule has 1 heterocycles. The predicted octanol–water partition coefficient (Wildman–Crippen LogP) is 4.27. The van der Waals surface area contributed by atoms with Gasteiger partial charge in [0.1, 0.15) is 17.1 Å². The average Bonchev–Trinajstić information content (AvgIpc) is 2.74. The molecule has 0 aliphatic heterocycles. The zero-order valence-electron chi connectivity index (χ0n) is 15.5. The van der Waals surface area contributed by atoms with Crippen LogP contribution in [0.25, 0.3) is 0 Å². The van der Waals surface area contributed by atoms with Gasteiger partial charge in [0.2, 0.25) is 5.88 Å². The van der Waals surface area contributed by atoms with E-state index in [1.54, 1.807) is 24.3 Å². The van der Waals surface area contributed by atoms with Gasteiger partial charge >= 0.3 is 12.6 Å². The van der Waals surface area contributed by atoms with Crippen molar-refractivity contribution in [3.63, 3.8) is 0 Å². The molecule has 1 aromatic heterocycles. The van der Waals surface area contributed by atoms with Crippen molar-refractivity contribution in [1.29, 1.82) is 0 Å². The number of benzene rings is 2. The van der Waals surface area contributed by atoms with Crippen molar-refractivity contribution < 1.29 is 32.6 Å². The van der Waals surface area contributed by atoms with E-state index in [1.807, 2.05) is 6.07 Å². The summed E-state index contributed by atoms with van der Waals surface area (Å²) in [7, 11) is 0. The van der Waals surface area contributed by atoms with Crippen molar-refractivity contribution in [2.24, 2.45) is 0 Å². The summed E-state index contributed by atoms with van der Waals surface area (Å²) in [6.45, 7) is -3.70. The highest BCUT2D eigenvalue weighted by Gasteiger charge is 2.18. The molecule has 1 N–H and O–H groups in total. The molecular formula is C21H16F2N2O5. The number of para-hydroxylation sites is 3. The van der Waals surface area contributed by atoms with Crippen molar-refractivity contribution in [3.8, 4) is 17.4 Å². The Labute approximate surface area is 170 Å². The van der Waals surface area contributed by atoms with Crippen molar-refractivity contribution in [2.75, 3.05) is 11.9 Å². The lowest BCUT2D eigenvalue weighted by molar-refractivity contribution is -0.119. The fourth-order valence-corrected chi connectivity index (χ4v) is 2.39. The molecule has 0 saturated heterocycles. The highest BCUT2D eigenvalue weighted by molar-refractivity contribution is 5.97. The quantitative estimate of drug-likeness (QED) is 0.554. The highest BCUT2D eigenvalue weighted by atomic mass is 19.3. The van der Waals surface area contributed by atoms with Gasteiger partial charge in [0.25, 0.3) is 5.91 Å². The van der Waals surface area contributed by atoms with Gasteiger partial charge in [-0.15, -0.1) is 0 Å². The number of anilines is 1. The molecule has 0 aliphatic rings. The summed E-state index contributed by atoms with van der Waals surface area (Å²) in [5.41, 5.74) is 0.0453. The zero-order valence-corrected chi connectivity index (χ0v) is 15.5. The molecule has 2 aromatic carbocycles. The smallest absolute Gasteiger partial charge is 0.387 e. The van der Waals surface area contributed by atoms with Crippen LogP contribution in [0.3, 0.4) is 0 Å². The van der Waals surface area contributed by atoms with Gasteiger partial charge in [-0.1, -0.05) is 30.3 Å². The van der Waals surface area contributed by atoms with Crippen LogP contribution in [0.1, 0.15) is 10.4 Å². The number of nitrogens with one attached hydrogen (secondary N) is 1. The van der Waals surface area contributed by atoms with Gasteiger partial charge in [0.15, 0.2) is 6.61 Å². The van der Waals surface area contributed by atoms with E-state index in [0.717, 1.165) is 0 Å². The van der Waals surface area contributed by atoms with E-state index < -0.39 is 25.1 Å². The van der Waals surface area contributed by atoms with Crippen LogP contribution in [0.4, 0.5) is 14.5 Å². The van der Waals surface area contributed by atoms with Gasteiger partial charge in [-0.25, -0.2) is 9.78 Å². The number of pyridine rings is 1. The molecule has 9 heteroatoms. The lowest BCUT2D eigenvalue weighted by Crippen LogP contribution is -2.21. The molecule has 1 amide bonds. The van der Waals surface area contributed by atoms with Gasteiger partial charge in [-0.05, 0) is 36.4 Å². The van der Waals surface area contributed by atoms with Gasteiger partial charge < -0.3 is 19.5 Å². The molecule has 3 aromatic rings. The molecular weight excluding hydrogens is 398 g/mol. The normalized spacial score (nSPS) is 10.4. The van der Waals surface area contributed by atoms with Crippen LogP contribution in [-0.4, -0.2) is 30.1 Å². The SMILES string of the molecule is O=C(COC(=O)c1cccnc1Oc1ccccc1)Nc1ccccc1OC(F)F. The Morgan fingerprint density at radius 3 is 2.47 bits per heavy atom. The first-order valence-electron chi connectivity index (χ1n) is 8.71. The Balaban J connectivity index is 1.62. The van der Waals surface area contributed by atoms with E-state index in [2.05, 4.69) is 15.0 Å². The van der Waals surface area contributed by atoms with E-state index in [4.69, 9.17) is 9.47 Å². The molecule has 0 radical (unpaired) electrons. The molecule has 7 nitrogen and oxygen atoms in total. The lowest BCUT2D eigenvalue weighted by atomic mass is 10.2. The Kier molecular flexibility index (Phi) is 6.88. The Bertz CT molecular complexity index is 1020. The molecule has 0 unspecified atom stereocenters. The second-order valence-corrected chi connectivity index (χ2v) is 5.77. The van der Waals surface area contributed by atoms with Gasteiger partial charge in [0.05, 0.1) is 5.69 Å². The second-order valence-electron chi connectivity index (χ2n) is 5.77. The number of carbonyl (C=O) groups excluding carboxylic acids is 2. The number of nitrogens with zero attached hydrogens (tertiary/aromatic N) is 1. The third kappa shape index (κ3) is 5.74. The summed E-state index contributed by atoms with van der Waals surface area (Å²) >= 11 is 0. The number of carbonyl (C=O) groups is 2. The molecule has 0 saturated carbocycles. The maximum Gasteiger partial charge on any atom is 0.387 e. The van der Waals surface area contributed by atoms with Crippen molar-refractivity contribution in [2.45, 2.75) is 6.61 Å². The number of alkyl halides is 2. The number of rotatable bonds is 8. The average molecular weight is 414 g/mol. The molecule has 154 valence electrons. The van der Waals surface area contributed by atoms with E-state index in [-0.39, 0.29) is 22.9 Å². The summed E-state index contributed by atoms with van der Waals surface area (Å²) in [6.07, 6.45) is 1.45. The molecule has 0 aliphatic carbocycles. The summed E-state index contributed by atoms with van der Waals surface area (Å²) in [6, 6.07) is 17.3. The van der Waals surface area contributed by atoms with Crippen molar-refractivity contribution >= 4 is 17.6 Å². The highest BCUT2D eigenvalue weighted by Crippen LogP contribution is 2.26. The van der Waals surface area contributed by atoms with Gasteiger partial charge in [-0.2, -0.15) is 8.78 Å². The number of amides is 1. The minimum Gasteiger partial charge on any atom is -0.452 e. The predicted molar refractivity (Wildman–Crippen MR) is 103 cm³/mol. The molecule has 0 fully saturated rings. The van der Waals surface area contributed by atoms with Gasteiger partial charge in [0, 0.05) is 6.20 Å². The monoisotopic (exact) mass is 414 g/mol. The van der Waals surface area contributed by atoms with Crippen molar-refractivity contribution in [1.82, 2.24) is 4.98 Å². The molecule has 0 atom stereocenters. The Morgan fingerprint density at radius 1 is 0.967 bits per heavy atom. The summed E-state index contributed by atoms with van der Waals surface area (Å²) in [4.78, 5) is 28.5. The lowest BCUT2D eigenvalue weighted by Gasteiger charge is -2.12. The third-order valence-electron chi connectivity index (χ3n) is 3.66. The second kappa shape index (κ2) is 9.97. The maximum atomic E-state index is 12.5. The number of esters is 1. The van der Waals surface area contributed by atoms with Crippen LogP contribution in [0.2, 0.25) is 0 Å². The first-order chi connectivity index (χ1) is 14.5. The molecule has 30 heavy (non-hydrogen) atoms. The van der Waals surface area contributed by atoms with E-state index >= 15 is 0 Å². The van der Waals surface area contributed by atoms with E-state index in [0.29, 0.717) is 5.75 Å². The first kappa shape index (κ1) is 20.7. The fraction of sp³-hybridized carbons (Fsp3) is 0.0952. The third-order valence-corrected chi connectivity index (χ3v) is 3.66. The zero-order chi connectivity index (χ0) is 21.3. The number of hydrogen-bond donors (Lipinski definition) is 1. The van der Waals surface area contributed by atoms with Crippen LogP contribution in [0.15, 0.2) is 72.9 Å². The van der Waals surface area contributed by atoms with Crippen LogP contribution < -0.4 is 14.8 Å². The number of ether oxygens (including phenoxy) is 3. The summed E-state index contributed by atoms with van der Waals surface area (Å²) < 4.78 is 39.8. The van der Waals surface area contributed by atoms with Crippen LogP contribution >= 0.6 is 0 Å². The first-order valence-corrected chi connectivity index (χ1v) is 8.71. The minimum atomic E-state index is -3.05. The maximum absolute atomic E-state index is 12.5. The van der Waals surface area contributed by atoms with Crippen molar-refractivity contribution in [3.05, 3.63) is 78.5 Å². The fourth-order valence-electron chi connectivity index (χ4n) is 2.39. The van der Waals surface area contributed by atoms with Crippen LogP contribution in [0, 0.1) is 0 Å².